The Morgan fingerprint density at radius 3 is 2.44 bits per heavy atom. The van der Waals surface area contributed by atoms with Gasteiger partial charge in [-0.3, -0.25) is 4.79 Å². The van der Waals surface area contributed by atoms with E-state index in [1.807, 2.05) is 0 Å². The van der Waals surface area contributed by atoms with E-state index in [0.29, 0.717) is 12.2 Å². The number of thioether (sulfide) groups is 1. The molecule has 0 saturated carbocycles. The standard InChI is InChI=1S/C11H21NO3S/c1-4-6-7-16-8-10(13)12(3)9(5-2)11(14)15/h9H,4-8H2,1-3H3,(H,14,15). The van der Waals surface area contributed by atoms with E-state index >= 15 is 0 Å². The molecule has 94 valence electrons. The molecule has 0 aliphatic heterocycles. The van der Waals surface area contributed by atoms with Crippen molar-refractivity contribution >= 4 is 23.6 Å². The van der Waals surface area contributed by atoms with Crippen molar-refractivity contribution in [2.45, 2.75) is 39.2 Å². The molecule has 1 amide bonds. The Balaban J connectivity index is 4.01. The van der Waals surface area contributed by atoms with Gasteiger partial charge in [0.2, 0.25) is 5.91 Å². The summed E-state index contributed by atoms with van der Waals surface area (Å²) in [5.41, 5.74) is 0. The topological polar surface area (TPSA) is 57.6 Å². The highest BCUT2D eigenvalue weighted by Gasteiger charge is 2.24. The van der Waals surface area contributed by atoms with Gasteiger partial charge in [0.25, 0.3) is 0 Å². The van der Waals surface area contributed by atoms with E-state index in [4.69, 9.17) is 5.11 Å². The molecule has 0 bridgehead atoms. The molecule has 0 fully saturated rings. The Bertz CT molecular complexity index is 233. The summed E-state index contributed by atoms with van der Waals surface area (Å²) in [5, 5.41) is 8.90. The maximum absolute atomic E-state index is 11.7. The molecule has 0 saturated heterocycles. The molecule has 16 heavy (non-hydrogen) atoms. The monoisotopic (exact) mass is 247 g/mol. The van der Waals surface area contributed by atoms with Gasteiger partial charge < -0.3 is 10.0 Å². The van der Waals surface area contributed by atoms with Gasteiger partial charge in [0.1, 0.15) is 6.04 Å². The van der Waals surface area contributed by atoms with Gasteiger partial charge in [-0.15, -0.1) is 0 Å². The second kappa shape index (κ2) is 8.44. The zero-order chi connectivity index (χ0) is 12.6. The molecule has 5 heteroatoms. The maximum atomic E-state index is 11.7. The largest absolute Gasteiger partial charge is 0.480 e. The van der Waals surface area contributed by atoms with Crippen molar-refractivity contribution in [3.8, 4) is 0 Å². The molecule has 0 aliphatic rings. The highest BCUT2D eigenvalue weighted by Crippen LogP contribution is 2.09. The van der Waals surface area contributed by atoms with Crippen LogP contribution in [-0.4, -0.2) is 46.5 Å². The van der Waals surface area contributed by atoms with Crippen molar-refractivity contribution < 1.29 is 14.7 Å². The molecular weight excluding hydrogens is 226 g/mol. The molecule has 1 atom stereocenters. The Morgan fingerprint density at radius 2 is 2.00 bits per heavy atom. The van der Waals surface area contributed by atoms with Gasteiger partial charge in [0, 0.05) is 7.05 Å². The van der Waals surface area contributed by atoms with Crippen LogP contribution in [0.5, 0.6) is 0 Å². The zero-order valence-corrected chi connectivity index (χ0v) is 11.0. The molecular formula is C11H21NO3S. The lowest BCUT2D eigenvalue weighted by molar-refractivity contribution is -0.148. The molecule has 1 N–H and O–H groups in total. The number of nitrogens with zero attached hydrogens (tertiary/aromatic N) is 1. The van der Waals surface area contributed by atoms with E-state index in [2.05, 4.69) is 6.92 Å². The van der Waals surface area contributed by atoms with Crippen molar-refractivity contribution in [2.24, 2.45) is 0 Å². The van der Waals surface area contributed by atoms with E-state index in [1.54, 1.807) is 25.7 Å². The third-order valence-corrected chi connectivity index (χ3v) is 3.43. The second-order valence-corrected chi connectivity index (χ2v) is 4.78. The number of aliphatic carboxylic acids is 1. The second-order valence-electron chi connectivity index (χ2n) is 3.67. The molecule has 0 radical (unpaired) electrons. The average molecular weight is 247 g/mol. The first-order valence-electron chi connectivity index (χ1n) is 5.60. The van der Waals surface area contributed by atoms with Gasteiger partial charge in [-0.05, 0) is 18.6 Å². The van der Waals surface area contributed by atoms with E-state index in [1.165, 1.54) is 4.90 Å². The Kier molecular flexibility index (Phi) is 8.07. The number of rotatable bonds is 8. The Morgan fingerprint density at radius 1 is 1.38 bits per heavy atom. The Hall–Kier alpha value is -0.710. The Labute approximate surface area is 101 Å². The summed E-state index contributed by atoms with van der Waals surface area (Å²) in [7, 11) is 1.56. The SMILES string of the molecule is CCCCSCC(=O)N(C)C(CC)C(=O)O. The van der Waals surface area contributed by atoms with Gasteiger partial charge in [-0.2, -0.15) is 11.8 Å². The molecule has 1 unspecified atom stereocenters. The number of hydrogen-bond acceptors (Lipinski definition) is 3. The van der Waals surface area contributed by atoms with E-state index in [0.717, 1.165) is 18.6 Å². The summed E-state index contributed by atoms with van der Waals surface area (Å²) < 4.78 is 0. The number of likely N-dealkylation sites (N-methyl/N-ethyl adjacent to an activating group) is 1. The third kappa shape index (κ3) is 5.39. The van der Waals surface area contributed by atoms with Crippen molar-refractivity contribution in [2.75, 3.05) is 18.6 Å². The van der Waals surface area contributed by atoms with Crippen LogP contribution in [0.15, 0.2) is 0 Å². The summed E-state index contributed by atoms with van der Waals surface area (Å²) >= 11 is 1.57. The summed E-state index contributed by atoms with van der Waals surface area (Å²) in [6, 6.07) is -0.695. The molecule has 0 rings (SSSR count). The van der Waals surface area contributed by atoms with Gasteiger partial charge in [0.15, 0.2) is 0 Å². The maximum Gasteiger partial charge on any atom is 0.326 e. The highest BCUT2D eigenvalue weighted by atomic mass is 32.2. The van der Waals surface area contributed by atoms with Gasteiger partial charge in [-0.25, -0.2) is 4.79 Å². The average Bonchev–Trinajstić information content (AvgIpc) is 2.24. The smallest absolute Gasteiger partial charge is 0.326 e. The number of carbonyl (C=O) groups is 2. The van der Waals surface area contributed by atoms with Crippen LogP contribution in [0.25, 0.3) is 0 Å². The molecule has 0 aromatic heterocycles. The minimum atomic E-state index is -0.933. The lowest BCUT2D eigenvalue weighted by atomic mass is 10.2. The van der Waals surface area contributed by atoms with Crippen LogP contribution in [0.3, 0.4) is 0 Å². The van der Waals surface area contributed by atoms with Crippen LogP contribution in [0.1, 0.15) is 33.1 Å². The highest BCUT2D eigenvalue weighted by molar-refractivity contribution is 7.99. The molecule has 0 aromatic carbocycles. The summed E-state index contributed by atoms with van der Waals surface area (Å²) in [6.45, 7) is 3.87. The molecule has 0 spiro atoms. The number of carboxylic acids is 1. The minimum absolute atomic E-state index is 0.102. The van der Waals surface area contributed by atoms with Crippen molar-refractivity contribution in [1.82, 2.24) is 4.90 Å². The summed E-state index contributed by atoms with van der Waals surface area (Å²) in [6.07, 6.45) is 2.65. The number of carbonyl (C=O) groups excluding carboxylic acids is 1. The lowest BCUT2D eigenvalue weighted by Crippen LogP contribution is -2.42. The van der Waals surface area contributed by atoms with Crippen LogP contribution in [0, 0.1) is 0 Å². The number of hydrogen-bond donors (Lipinski definition) is 1. The predicted octanol–water partition coefficient (Wildman–Crippen LogP) is 1.84. The fraction of sp³-hybridized carbons (Fsp3) is 0.818. The first-order valence-corrected chi connectivity index (χ1v) is 6.76. The zero-order valence-electron chi connectivity index (χ0n) is 10.2. The van der Waals surface area contributed by atoms with Gasteiger partial charge in [-0.1, -0.05) is 20.3 Å². The molecule has 0 heterocycles. The van der Waals surface area contributed by atoms with Gasteiger partial charge >= 0.3 is 5.97 Å². The van der Waals surface area contributed by atoms with E-state index < -0.39 is 12.0 Å². The number of unbranched alkanes of at least 4 members (excludes halogenated alkanes) is 1. The summed E-state index contributed by atoms with van der Waals surface area (Å²) in [5.74, 6) is 0.299. The lowest BCUT2D eigenvalue weighted by Gasteiger charge is -2.23. The van der Waals surface area contributed by atoms with E-state index in [9.17, 15) is 9.59 Å². The number of amides is 1. The van der Waals surface area contributed by atoms with Crippen LogP contribution in [0.2, 0.25) is 0 Å². The molecule has 4 nitrogen and oxygen atoms in total. The molecule has 0 aromatic rings. The van der Waals surface area contributed by atoms with Crippen LogP contribution < -0.4 is 0 Å². The quantitative estimate of drug-likeness (QED) is 0.665. The third-order valence-electron chi connectivity index (χ3n) is 2.40. The van der Waals surface area contributed by atoms with E-state index in [-0.39, 0.29) is 5.91 Å². The molecule has 0 aliphatic carbocycles. The normalized spacial score (nSPS) is 12.2. The predicted molar refractivity (Wildman–Crippen MR) is 66.7 cm³/mol. The first kappa shape index (κ1) is 15.3. The van der Waals surface area contributed by atoms with Crippen LogP contribution in [-0.2, 0) is 9.59 Å². The van der Waals surface area contributed by atoms with Crippen LogP contribution in [0.4, 0.5) is 0 Å². The fourth-order valence-corrected chi connectivity index (χ4v) is 2.31. The number of carboxylic acid groups (broad SMARTS) is 1. The van der Waals surface area contributed by atoms with Crippen LogP contribution >= 0.6 is 11.8 Å². The van der Waals surface area contributed by atoms with Gasteiger partial charge in [0.05, 0.1) is 5.75 Å². The minimum Gasteiger partial charge on any atom is -0.480 e. The van der Waals surface area contributed by atoms with Crippen molar-refractivity contribution in [1.29, 1.82) is 0 Å². The van der Waals surface area contributed by atoms with Crippen molar-refractivity contribution in [3.63, 3.8) is 0 Å². The first-order chi connectivity index (χ1) is 7.54. The fourth-order valence-electron chi connectivity index (χ4n) is 1.30. The van der Waals surface area contributed by atoms with Crippen molar-refractivity contribution in [3.05, 3.63) is 0 Å². The summed E-state index contributed by atoms with van der Waals surface area (Å²) in [4.78, 5) is 23.8.